The highest BCUT2D eigenvalue weighted by molar-refractivity contribution is 6.31. The van der Waals surface area contributed by atoms with Crippen LogP contribution in [0.5, 0.6) is 5.75 Å². The first kappa shape index (κ1) is 23.1. The van der Waals surface area contributed by atoms with Crippen LogP contribution in [-0.4, -0.2) is 30.7 Å². The molecule has 3 aromatic carbocycles. The third kappa shape index (κ3) is 4.95. The first-order valence-corrected chi connectivity index (χ1v) is 11.3. The summed E-state index contributed by atoms with van der Waals surface area (Å²) in [4.78, 5) is 0. The van der Waals surface area contributed by atoms with Gasteiger partial charge in [-0.2, -0.15) is 0 Å². The fourth-order valence-corrected chi connectivity index (χ4v) is 4.96. The Labute approximate surface area is 203 Å². The first-order valence-electron chi connectivity index (χ1n) is 10.9. The molecule has 0 atom stereocenters. The number of furan rings is 1. The van der Waals surface area contributed by atoms with E-state index in [4.69, 9.17) is 20.8 Å². The molecule has 2 heterocycles. The average molecular weight is 519 g/mol. The maximum absolute atomic E-state index is 13.3. The summed E-state index contributed by atoms with van der Waals surface area (Å²) in [6.45, 7) is 4.78. The molecule has 0 bridgehead atoms. The summed E-state index contributed by atoms with van der Waals surface area (Å²) in [6.07, 6.45) is 3.75. The Hall–Kier alpha value is -2.08. The largest absolute Gasteiger partial charge is 1.00 e. The number of fused-ring (bicyclic) bond motifs is 3. The summed E-state index contributed by atoms with van der Waals surface area (Å²) in [5.74, 6) is 0.634. The molecule has 1 aromatic heterocycles. The van der Waals surface area contributed by atoms with Crippen LogP contribution in [0.4, 0.5) is 4.39 Å². The van der Waals surface area contributed by atoms with Crippen LogP contribution in [0.15, 0.2) is 65.1 Å². The number of ether oxygens (including phenoxy) is 1. The second kappa shape index (κ2) is 9.82. The maximum Gasteiger partial charge on any atom is 0.139 e. The van der Waals surface area contributed by atoms with Gasteiger partial charge in [-0.3, -0.25) is 0 Å². The van der Waals surface area contributed by atoms with Crippen molar-refractivity contribution < 1.29 is 35.0 Å². The monoisotopic (exact) mass is 517 g/mol. The summed E-state index contributed by atoms with van der Waals surface area (Å²) < 4.78 is 26.4. The lowest BCUT2D eigenvalue weighted by Gasteiger charge is -2.41. The summed E-state index contributed by atoms with van der Waals surface area (Å²) in [6, 6.07) is 18.7. The summed E-state index contributed by atoms with van der Waals surface area (Å²) in [7, 11) is 0. The number of halogens is 3. The predicted octanol–water partition coefficient (Wildman–Crippen LogP) is 3.96. The van der Waals surface area contributed by atoms with Crippen LogP contribution in [-0.2, 0) is 6.54 Å². The Morgan fingerprint density at radius 3 is 2.31 bits per heavy atom. The number of nitrogens with zero attached hydrogens (tertiary/aromatic N) is 1. The van der Waals surface area contributed by atoms with Crippen LogP contribution < -0.4 is 21.7 Å². The lowest BCUT2D eigenvalue weighted by molar-refractivity contribution is -0.945. The number of likely N-dealkylation sites (tertiary alicyclic amines) is 1. The summed E-state index contributed by atoms with van der Waals surface area (Å²) >= 11 is 6.09. The van der Waals surface area contributed by atoms with E-state index in [1.54, 1.807) is 12.1 Å². The molecule has 0 spiro atoms. The van der Waals surface area contributed by atoms with Gasteiger partial charge in [0.2, 0.25) is 0 Å². The molecule has 0 aliphatic carbocycles. The van der Waals surface area contributed by atoms with Crippen molar-refractivity contribution in [3.8, 4) is 5.75 Å². The van der Waals surface area contributed by atoms with Gasteiger partial charge in [0.25, 0.3) is 0 Å². The van der Waals surface area contributed by atoms with E-state index >= 15 is 0 Å². The van der Waals surface area contributed by atoms with Gasteiger partial charge in [-0.15, -0.1) is 0 Å². The van der Waals surface area contributed by atoms with E-state index in [1.807, 2.05) is 48.5 Å². The Morgan fingerprint density at radius 2 is 1.56 bits per heavy atom. The van der Waals surface area contributed by atoms with Gasteiger partial charge in [0, 0.05) is 33.5 Å². The van der Waals surface area contributed by atoms with Crippen molar-refractivity contribution in [2.45, 2.75) is 25.8 Å². The zero-order chi connectivity index (χ0) is 21.3. The smallest absolute Gasteiger partial charge is 0.139 e. The van der Waals surface area contributed by atoms with Gasteiger partial charge in [-0.25, -0.2) is 4.39 Å². The predicted molar refractivity (Wildman–Crippen MR) is 123 cm³/mol. The quantitative estimate of drug-likeness (QED) is 0.361. The van der Waals surface area contributed by atoms with E-state index in [9.17, 15) is 4.39 Å². The minimum Gasteiger partial charge on any atom is -1.00 e. The molecule has 0 unspecified atom stereocenters. The van der Waals surface area contributed by atoms with Crippen molar-refractivity contribution in [3.63, 3.8) is 0 Å². The highest BCUT2D eigenvalue weighted by atomic mass is 79.9. The molecule has 5 rings (SSSR count). The third-order valence-corrected chi connectivity index (χ3v) is 6.67. The molecule has 0 N–H and O–H groups in total. The molecule has 6 heteroatoms. The molecule has 1 aliphatic rings. The number of hydrogen-bond acceptors (Lipinski definition) is 2. The molecular weight excluding hydrogens is 493 g/mol. The van der Waals surface area contributed by atoms with Gasteiger partial charge in [0.1, 0.15) is 42.4 Å². The van der Waals surface area contributed by atoms with Gasteiger partial charge in [-0.1, -0.05) is 23.7 Å². The fraction of sp³-hybridized carbons (Fsp3) is 0.308. The first-order chi connectivity index (χ1) is 15.1. The van der Waals surface area contributed by atoms with Gasteiger partial charge in [-0.05, 0) is 55.7 Å². The molecule has 1 saturated heterocycles. The van der Waals surface area contributed by atoms with Crippen LogP contribution in [0.1, 0.15) is 24.8 Å². The average Bonchev–Trinajstić information content (AvgIpc) is 3.12. The molecule has 4 aromatic rings. The topological polar surface area (TPSA) is 22.4 Å². The molecular formula is C26H26BrClFNO2. The van der Waals surface area contributed by atoms with Crippen molar-refractivity contribution in [1.82, 2.24) is 0 Å². The molecule has 168 valence electrons. The molecule has 0 radical (unpaired) electrons. The molecule has 1 fully saturated rings. The van der Waals surface area contributed by atoms with Crippen molar-refractivity contribution in [2.24, 2.45) is 0 Å². The van der Waals surface area contributed by atoms with Gasteiger partial charge < -0.3 is 30.6 Å². The second-order valence-electron chi connectivity index (χ2n) is 8.61. The van der Waals surface area contributed by atoms with Crippen molar-refractivity contribution in [3.05, 3.63) is 77.1 Å². The zero-order valence-electron chi connectivity index (χ0n) is 17.8. The van der Waals surface area contributed by atoms with E-state index in [-0.39, 0.29) is 22.8 Å². The van der Waals surface area contributed by atoms with Crippen LogP contribution >= 0.6 is 11.6 Å². The molecule has 32 heavy (non-hydrogen) atoms. The van der Waals surface area contributed by atoms with E-state index in [0.717, 1.165) is 58.4 Å². The number of piperidine rings is 1. The number of hydrogen-bond donors (Lipinski definition) is 0. The van der Waals surface area contributed by atoms with E-state index in [2.05, 4.69) is 0 Å². The normalized spacial score (nSPS) is 15.6. The van der Waals surface area contributed by atoms with E-state index in [0.29, 0.717) is 11.6 Å². The molecule has 1 aliphatic heterocycles. The van der Waals surface area contributed by atoms with Crippen molar-refractivity contribution >= 4 is 33.5 Å². The minimum absolute atomic E-state index is 0. The highest BCUT2D eigenvalue weighted by Gasteiger charge is 2.30. The Morgan fingerprint density at radius 1 is 0.875 bits per heavy atom. The lowest BCUT2D eigenvalue weighted by atomic mass is 10.1. The highest BCUT2D eigenvalue weighted by Crippen LogP contribution is 2.33. The maximum atomic E-state index is 13.3. The third-order valence-electron chi connectivity index (χ3n) is 6.44. The second-order valence-corrected chi connectivity index (χ2v) is 9.04. The van der Waals surface area contributed by atoms with Crippen LogP contribution in [0.3, 0.4) is 0 Å². The lowest BCUT2D eigenvalue weighted by Crippen LogP contribution is -3.00. The number of rotatable bonds is 6. The number of benzene rings is 3. The van der Waals surface area contributed by atoms with Crippen molar-refractivity contribution in [1.29, 1.82) is 0 Å². The fourth-order valence-electron chi connectivity index (χ4n) is 4.80. The zero-order valence-corrected chi connectivity index (χ0v) is 20.2. The number of quaternary nitrogens is 1. The Balaban J connectivity index is 0.00000245. The standard InChI is InChI=1S/C26H26ClFNO2.BrH/c27-20-6-10-23-24-11-9-22(17-26(24)31-25(23)16-20)30-15-14-29(12-2-1-3-13-29)18-19-4-7-21(28)8-5-19;/h4-11,16-17H,1-3,12-15,18H2;1H/q+1;/p-1. The van der Waals surface area contributed by atoms with Crippen LogP contribution in [0.25, 0.3) is 21.9 Å². The van der Waals surface area contributed by atoms with Gasteiger partial charge in [0.15, 0.2) is 0 Å². The van der Waals surface area contributed by atoms with E-state index < -0.39 is 0 Å². The van der Waals surface area contributed by atoms with Gasteiger partial charge >= 0.3 is 0 Å². The minimum atomic E-state index is -0.180. The van der Waals surface area contributed by atoms with Crippen LogP contribution in [0, 0.1) is 5.82 Å². The van der Waals surface area contributed by atoms with Crippen molar-refractivity contribution in [2.75, 3.05) is 26.2 Å². The Bertz CT molecular complexity index is 1200. The molecule has 0 saturated carbocycles. The molecule has 3 nitrogen and oxygen atoms in total. The van der Waals surface area contributed by atoms with E-state index in [1.165, 1.54) is 24.8 Å². The summed E-state index contributed by atoms with van der Waals surface area (Å²) in [5, 5.41) is 2.79. The van der Waals surface area contributed by atoms with Crippen LogP contribution in [0.2, 0.25) is 5.02 Å². The summed E-state index contributed by atoms with van der Waals surface area (Å²) in [5.41, 5.74) is 2.78. The SMILES string of the molecule is Fc1ccc(C[N+]2(CCOc3ccc4c(c3)oc3cc(Cl)ccc34)CCCCC2)cc1.[Br-]. The Kier molecular flexibility index (Phi) is 7.08. The van der Waals surface area contributed by atoms with Gasteiger partial charge in [0.05, 0.1) is 13.1 Å². The molecule has 0 amide bonds.